The van der Waals surface area contributed by atoms with Crippen LogP contribution in [0.1, 0.15) is 12.0 Å². The summed E-state index contributed by atoms with van der Waals surface area (Å²) >= 11 is 0. The highest BCUT2D eigenvalue weighted by Crippen LogP contribution is 2.12. The first kappa shape index (κ1) is 11.9. The number of carbonyl (C=O) groups excluding carboxylic acids is 1. The largest absolute Gasteiger partial charge is 0.399 e. The van der Waals surface area contributed by atoms with Crippen molar-refractivity contribution < 1.29 is 9.53 Å². The van der Waals surface area contributed by atoms with Crippen LogP contribution >= 0.6 is 0 Å². The minimum Gasteiger partial charge on any atom is -0.399 e. The highest BCUT2D eigenvalue weighted by Gasteiger charge is 2.22. The molecule has 0 aliphatic carbocycles. The molecule has 0 bridgehead atoms. The van der Waals surface area contributed by atoms with Crippen molar-refractivity contribution in [3.8, 4) is 0 Å². The molecule has 1 amide bonds. The molecule has 0 aromatic heterocycles. The van der Waals surface area contributed by atoms with Gasteiger partial charge in [-0.25, -0.2) is 0 Å². The summed E-state index contributed by atoms with van der Waals surface area (Å²) < 4.78 is 5.18. The number of benzene rings is 1. The van der Waals surface area contributed by atoms with Gasteiger partial charge in [0.15, 0.2) is 0 Å². The average Bonchev–Trinajstić information content (AvgIpc) is 2.85. The van der Waals surface area contributed by atoms with Gasteiger partial charge in [-0.05, 0) is 30.5 Å². The van der Waals surface area contributed by atoms with Crippen LogP contribution in [0.25, 0.3) is 0 Å². The summed E-state index contributed by atoms with van der Waals surface area (Å²) in [4.78, 5) is 11.7. The SMILES string of the molecule is Nc1ccc(CCNC(=O)C2CCOC2)cc1. The molecule has 1 aliphatic heterocycles. The Bertz CT molecular complexity index is 370. The van der Waals surface area contributed by atoms with Gasteiger partial charge in [0.2, 0.25) is 5.91 Å². The second-order valence-electron chi connectivity index (χ2n) is 4.34. The molecule has 3 N–H and O–H groups in total. The number of hydrogen-bond acceptors (Lipinski definition) is 3. The molecule has 1 fully saturated rings. The van der Waals surface area contributed by atoms with E-state index in [-0.39, 0.29) is 11.8 Å². The van der Waals surface area contributed by atoms with E-state index in [1.165, 1.54) is 5.56 Å². The van der Waals surface area contributed by atoms with Crippen LogP contribution in [0.2, 0.25) is 0 Å². The lowest BCUT2D eigenvalue weighted by molar-refractivity contribution is -0.124. The third kappa shape index (κ3) is 3.46. The molecule has 1 saturated heterocycles. The van der Waals surface area contributed by atoms with Crippen LogP contribution in [-0.4, -0.2) is 25.7 Å². The normalized spacial score (nSPS) is 19.2. The van der Waals surface area contributed by atoms with Gasteiger partial charge in [-0.2, -0.15) is 0 Å². The molecule has 0 radical (unpaired) electrons. The monoisotopic (exact) mass is 234 g/mol. The Morgan fingerprint density at radius 1 is 1.41 bits per heavy atom. The van der Waals surface area contributed by atoms with Gasteiger partial charge in [0.05, 0.1) is 12.5 Å². The minimum atomic E-state index is 0.0430. The maximum absolute atomic E-state index is 11.7. The number of nitrogens with one attached hydrogen (secondary N) is 1. The Labute approximate surface area is 101 Å². The van der Waals surface area contributed by atoms with E-state index >= 15 is 0 Å². The van der Waals surface area contributed by atoms with Gasteiger partial charge in [0.25, 0.3) is 0 Å². The summed E-state index contributed by atoms with van der Waals surface area (Å²) in [5.74, 6) is 0.152. The van der Waals surface area contributed by atoms with Gasteiger partial charge in [0, 0.05) is 18.8 Å². The van der Waals surface area contributed by atoms with Crippen molar-refractivity contribution in [3.05, 3.63) is 29.8 Å². The molecule has 1 aromatic rings. The lowest BCUT2D eigenvalue weighted by Crippen LogP contribution is -2.32. The van der Waals surface area contributed by atoms with E-state index in [0.29, 0.717) is 19.8 Å². The third-order valence-electron chi connectivity index (χ3n) is 2.99. The fourth-order valence-corrected chi connectivity index (χ4v) is 1.90. The Morgan fingerprint density at radius 3 is 2.82 bits per heavy atom. The zero-order chi connectivity index (χ0) is 12.1. The molecule has 92 valence electrons. The van der Waals surface area contributed by atoms with Crippen molar-refractivity contribution in [1.29, 1.82) is 0 Å². The van der Waals surface area contributed by atoms with Gasteiger partial charge in [-0.1, -0.05) is 12.1 Å². The van der Waals surface area contributed by atoms with Crippen LogP contribution in [0, 0.1) is 5.92 Å². The maximum atomic E-state index is 11.7. The Balaban J connectivity index is 1.72. The van der Waals surface area contributed by atoms with E-state index in [2.05, 4.69) is 5.32 Å². The van der Waals surface area contributed by atoms with Crippen molar-refractivity contribution in [2.45, 2.75) is 12.8 Å². The molecule has 1 aliphatic rings. The van der Waals surface area contributed by atoms with E-state index in [1.54, 1.807) is 0 Å². The number of amides is 1. The standard InChI is InChI=1S/C13H18N2O2/c14-12-3-1-10(2-4-12)5-7-15-13(16)11-6-8-17-9-11/h1-4,11H,5-9,14H2,(H,15,16). The molecule has 1 atom stereocenters. The second kappa shape index (κ2) is 5.68. The second-order valence-corrected chi connectivity index (χ2v) is 4.34. The molecule has 4 heteroatoms. The molecule has 17 heavy (non-hydrogen) atoms. The van der Waals surface area contributed by atoms with Crippen molar-refractivity contribution in [2.75, 3.05) is 25.5 Å². The lowest BCUT2D eigenvalue weighted by Gasteiger charge is -2.09. The van der Waals surface area contributed by atoms with Crippen LogP contribution < -0.4 is 11.1 Å². The number of nitrogens with two attached hydrogens (primary N) is 1. The van der Waals surface area contributed by atoms with Crippen LogP contribution in [-0.2, 0) is 16.0 Å². The molecule has 1 heterocycles. The number of ether oxygens (including phenoxy) is 1. The summed E-state index contributed by atoms with van der Waals surface area (Å²) in [6.45, 7) is 1.93. The summed E-state index contributed by atoms with van der Waals surface area (Å²) in [5, 5.41) is 2.94. The summed E-state index contributed by atoms with van der Waals surface area (Å²) in [7, 11) is 0. The number of rotatable bonds is 4. The number of nitrogen functional groups attached to an aromatic ring is 1. The average molecular weight is 234 g/mol. The van der Waals surface area contributed by atoms with E-state index < -0.39 is 0 Å². The highest BCUT2D eigenvalue weighted by atomic mass is 16.5. The Kier molecular flexibility index (Phi) is 3.98. The van der Waals surface area contributed by atoms with E-state index in [9.17, 15) is 4.79 Å². The van der Waals surface area contributed by atoms with Gasteiger partial charge in [0.1, 0.15) is 0 Å². The third-order valence-corrected chi connectivity index (χ3v) is 2.99. The van der Waals surface area contributed by atoms with Crippen LogP contribution in [0.5, 0.6) is 0 Å². The Morgan fingerprint density at radius 2 is 2.18 bits per heavy atom. The molecule has 0 saturated carbocycles. The molecule has 1 aromatic carbocycles. The van der Waals surface area contributed by atoms with Gasteiger partial charge >= 0.3 is 0 Å². The molecule has 1 unspecified atom stereocenters. The van der Waals surface area contributed by atoms with Crippen LogP contribution in [0.15, 0.2) is 24.3 Å². The van der Waals surface area contributed by atoms with Crippen molar-refractivity contribution >= 4 is 11.6 Å². The first-order valence-electron chi connectivity index (χ1n) is 5.95. The number of anilines is 1. The van der Waals surface area contributed by atoms with E-state index in [0.717, 1.165) is 18.5 Å². The maximum Gasteiger partial charge on any atom is 0.225 e. The highest BCUT2D eigenvalue weighted by molar-refractivity contribution is 5.78. The molecular weight excluding hydrogens is 216 g/mol. The zero-order valence-corrected chi connectivity index (χ0v) is 9.82. The van der Waals surface area contributed by atoms with E-state index in [1.807, 2.05) is 24.3 Å². The summed E-state index contributed by atoms with van der Waals surface area (Å²) in [6, 6.07) is 7.73. The van der Waals surface area contributed by atoms with Crippen LogP contribution in [0.4, 0.5) is 5.69 Å². The first-order chi connectivity index (χ1) is 8.25. The number of carbonyl (C=O) groups is 1. The first-order valence-corrected chi connectivity index (χ1v) is 5.95. The zero-order valence-electron chi connectivity index (χ0n) is 9.82. The fraction of sp³-hybridized carbons (Fsp3) is 0.462. The van der Waals surface area contributed by atoms with Crippen molar-refractivity contribution in [3.63, 3.8) is 0 Å². The molecular formula is C13H18N2O2. The summed E-state index contributed by atoms with van der Waals surface area (Å²) in [5.41, 5.74) is 7.55. The number of hydrogen-bond donors (Lipinski definition) is 2. The molecule has 2 rings (SSSR count). The predicted molar refractivity (Wildman–Crippen MR) is 66.5 cm³/mol. The van der Waals surface area contributed by atoms with Crippen molar-refractivity contribution in [2.24, 2.45) is 5.92 Å². The van der Waals surface area contributed by atoms with Gasteiger partial charge in [-0.15, -0.1) is 0 Å². The molecule has 4 nitrogen and oxygen atoms in total. The van der Waals surface area contributed by atoms with Crippen molar-refractivity contribution in [1.82, 2.24) is 5.32 Å². The topological polar surface area (TPSA) is 64.3 Å². The smallest absolute Gasteiger partial charge is 0.225 e. The summed E-state index contributed by atoms with van der Waals surface area (Å²) in [6.07, 6.45) is 1.67. The minimum absolute atomic E-state index is 0.0430. The fourth-order valence-electron chi connectivity index (χ4n) is 1.90. The quantitative estimate of drug-likeness (QED) is 0.763. The Hall–Kier alpha value is -1.55. The van der Waals surface area contributed by atoms with Gasteiger partial charge in [-0.3, -0.25) is 4.79 Å². The predicted octanol–water partition coefficient (Wildman–Crippen LogP) is 0.964. The van der Waals surface area contributed by atoms with E-state index in [4.69, 9.17) is 10.5 Å². The lowest BCUT2D eigenvalue weighted by atomic mass is 10.1. The van der Waals surface area contributed by atoms with Crippen LogP contribution in [0.3, 0.4) is 0 Å². The van der Waals surface area contributed by atoms with Gasteiger partial charge < -0.3 is 15.8 Å². The molecule has 0 spiro atoms.